The Labute approximate surface area is 326 Å². The van der Waals surface area contributed by atoms with E-state index in [1.165, 1.54) is 18.0 Å². The number of morpholine rings is 1. The van der Waals surface area contributed by atoms with Crippen LogP contribution in [0.2, 0.25) is 0 Å². The summed E-state index contributed by atoms with van der Waals surface area (Å²) in [4.78, 5) is 28.2. The maximum atomic E-state index is 14.1. The van der Waals surface area contributed by atoms with Crippen LogP contribution in [0.3, 0.4) is 0 Å². The number of carbonyl (C=O) groups is 1. The third kappa shape index (κ3) is 9.62. The molecule has 2 heterocycles. The Kier molecular flexibility index (Phi) is 14.6. The van der Waals surface area contributed by atoms with Gasteiger partial charge in [-0.15, -0.1) is 0 Å². The highest BCUT2D eigenvalue weighted by Crippen LogP contribution is 2.71. The van der Waals surface area contributed by atoms with Gasteiger partial charge in [-0.2, -0.15) is 0 Å². The SMILES string of the molecule is CCOP(=O)(OCC)C(N(C)C(=S)Nc1ccc(C(=O)OC[N+]2(c3cc(=O)c4cccc(-c5ccccc5)c4o3)CCOCC2)cc1)P(=O)(OCC)OCC. The number of thiocarbonyl (C=S) groups is 1. The number of quaternary nitrogens is 1. The fourth-order valence-corrected chi connectivity index (χ4v) is 12.0. The van der Waals surface area contributed by atoms with Gasteiger partial charge in [0.1, 0.15) is 13.1 Å². The van der Waals surface area contributed by atoms with Crippen molar-refractivity contribution in [3.8, 4) is 11.1 Å². The number of benzene rings is 3. The number of esters is 1. The van der Waals surface area contributed by atoms with Gasteiger partial charge >= 0.3 is 27.0 Å². The summed E-state index contributed by atoms with van der Waals surface area (Å²) in [5, 5.41) is 3.51. The topological polar surface area (TPSA) is 152 Å². The molecule has 3 aromatic carbocycles. The van der Waals surface area contributed by atoms with E-state index in [2.05, 4.69) is 5.32 Å². The Hall–Kier alpha value is -3.75. The molecule has 0 radical (unpaired) electrons. The molecule has 0 saturated carbocycles. The van der Waals surface area contributed by atoms with Gasteiger partial charge in [-0.05, 0) is 75.8 Å². The zero-order valence-corrected chi connectivity index (χ0v) is 34.2. The molecule has 1 fully saturated rings. The second kappa shape index (κ2) is 18.9. The van der Waals surface area contributed by atoms with E-state index in [0.29, 0.717) is 48.8 Å². The predicted octanol–water partition coefficient (Wildman–Crippen LogP) is 8.06. The van der Waals surface area contributed by atoms with E-state index >= 15 is 0 Å². The lowest BCUT2D eigenvalue weighted by Crippen LogP contribution is -2.58. The zero-order chi connectivity index (χ0) is 39.6. The summed E-state index contributed by atoms with van der Waals surface area (Å²) in [6.45, 7) is 8.11. The maximum absolute atomic E-state index is 14.1. The Morgan fingerprint density at radius 2 is 1.44 bits per heavy atom. The largest absolute Gasteiger partial charge is 0.411 e. The quantitative estimate of drug-likeness (QED) is 0.0473. The molecule has 1 aromatic heterocycles. The van der Waals surface area contributed by atoms with Crippen molar-refractivity contribution in [2.45, 2.75) is 33.2 Å². The minimum Gasteiger partial charge on any atom is -0.411 e. The molecule has 0 atom stereocenters. The first kappa shape index (κ1) is 42.4. The molecule has 296 valence electrons. The van der Waals surface area contributed by atoms with E-state index < -0.39 is 26.7 Å². The highest BCUT2D eigenvalue weighted by atomic mass is 32.1. The molecule has 1 N–H and O–H groups in total. The third-order valence-corrected chi connectivity index (χ3v) is 15.3. The molecule has 0 unspecified atom stereocenters. The van der Waals surface area contributed by atoms with Gasteiger partial charge in [0.25, 0.3) is 0 Å². The highest BCUT2D eigenvalue weighted by molar-refractivity contribution is 7.80. The van der Waals surface area contributed by atoms with Gasteiger partial charge in [0, 0.05) is 18.3 Å². The predicted molar refractivity (Wildman–Crippen MR) is 216 cm³/mol. The van der Waals surface area contributed by atoms with E-state index in [4.69, 9.17) is 44.2 Å². The first-order chi connectivity index (χ1) is 26.4. The van der Waals surface area contributed by atoms with Crippen molar-refractivity contribution in [3.05, 3.63) is 94.6 Å². The van der Waals surface area contributed by atoms with Crippen LogP contribution in [0, 0.1) is 0 Å². The molecule has 0 spiro atoms. The van der Waals surface area contributed by atoms with Gasteiger partial charge in [0.15, 0.2) is 16.1 Å². The van der Waals surface area contributed by atoms with Crippen molar-refractivity contribution < 1.29 is 45.9 Å². The second-order valence-electron chi connectivity index (χ2n) is 12.5. The molecular weight excluding hydrogens is 768 g/mol. The van der Waals surface area contributed by atoms with Crippen molar-refractivity contribution in [2.24, 2.45) is 0 Å². The van der Waals surface area contributed by atoms with Crippen molar-refractivity contribution >= 4 is 61.0 Å². The van der Waals surface area contributed by atoms with Crippen molar-refractivity contribution in [2.75, 3.05) is 71.8 Å². The average Bonchev–Trinajstić information content (AvgIpc) is 3.18. The standard InChI is InChI=1S/C38H47N3O11P2S/c1-6-48-53(44,49-7-2)38(54(45,50-8-3)51-9-4)40(5)37(55)39-30-20-18-29(19-21-30)36(43)47-27-41(22-24-46-25-23-41)34-26-33(42)32-17-13-16-31(35(32)52-34)28-14-11-10-12-15-28/h10-21,26,38H,6-9,22-25,27H2,1-5H3/p+1. The Bertz CT molecular complexity index is 2040. The van der Waals surface area contributed by atoms with Gasteiger partial charge in [-0.1, -0.05) is 42.5 Å². The van der Waals surface area contributed by atoms with Crippen LogP contribution in [-0.2, 0) is 36.7 Å². The summed E-state index contributed by atoms with van der Waals surface area (Å²) in [5.41, 5.74) is 1.18. The molecule has 1 aliphatic heterocycles. The molecule has 1 saturated heterocycles. The van der Waals surface area contributed by atoms with Crippen molar-refractivity contribution in [3.63, 3.8) is 0 Å². The lowest BCUT2D eigenvalue weighted by atomic mass is 10.0. The Morgan fingerprint density at radius 3 is 2.00 bits per heavy atom. The monoisotopic (exact) mass is 816 g/mol. The van der Waals surface area contributed by atoms with Crippen LogP contribution in [0.1, 0.15) is 38.1 Å². The van der Waals surface area contributed by atoms with Crippen LogP contribution in [0.15, 0.2) is 88.1 Å². The molecule has 0 amide bonds. The first-order valence-electron chi connectivity index (χ1n) is 18.1. The molecule has 1 aliphatic rings. The summed E-state index contributed by atoms with van der Waals surface area (Å²) in [6, 6.07) is 23.0. The summed E-state index contributed by atoms with van der Waals surface area (Å²) < 4.78 is 68.6. The number of fused-ring (bicyclic) bond motifs is 1. The van der Waals surface area contributed by atoms with Gasteiger partial charge in [-0.3, -0.25) is 13.9 Å². The van der Waals surface area contributed by atoms with Crippen LogP contribution in [0.5, 0.6) is 0 Å². The minimum absolute atomic E-state index is 0.0112. The number of rotatable bonds is 17. The number of anilines is 1. The lowest BCUT2D eigenvalue weighted by molar-refractivity contribution is -0.0242. The molecule has 17 heteroatoms. The number of hydrogen-bond donors (Lipinski definition) is 1. The van der Waals surface area contributed by atoms with Gasteiger partial charge in [0.05, 0.1) is 56.7 Å². The molecular formula is C38H48N3O11P2S+. The smallest absolute Gasteiger partial charge is 0.365 e. The molecule has 5 rings (SSSR count). The number of carbonyl (C=O) groups excluding carboxylic acids is 1. The van der Waals surface area contributed by atoms with Crippen molar-refractivity contribution in [1.82, 2.24) is 9.38 Å². The van der Waals surface area contributed by atoms with E-state index in [0.717, 1.165) is 11.1 Å². The van der Waals surface area contributed by atoms with Gasteiger partial charge < -0.3 is 42.2 Å². The molecule has 14 nitrogen and oxygen atoms in total. The van der Waals surface area contributed by atoms with Crippen molar-refractivity contribution in [1.29, 1.82) is 0 Å². The number of para-hydroxylation sites is 1. The first-order valence-corrected chi connectivity index (χ1v) is 21.7. The maximum Gasteiger partial charge on any atom is 0.365 e. The molecule has 0 bridgehead atoms. The third-order valence-electron chi connectivity index (χ3n) is 8.90. The van der Waals surface area contributed by atoms with E-state index in [1.54, 1.807) is 58.0 Å². The number of hydrogen-bond acceptors (Lipinski definition) is 12. The summed E-state index contributed by atoms with van der Waals surface area (Å²) in [6.07, 6.45) is 0. The highest BCUT2D eigenvalue weighted by Gasteiger charge is 2.54. The second-order valence-corrected chi connectivity index (χ2v) is 17.4. The van der Waals surface area contributed by atoms with E-state index in [1.807, 2.05) is 42.5 Å². The van der Waals surface area contributed by atoms with Crippen LogP contribution < -0.4 is 15.2 Å². The molecule has 4 aromatic rings. The Morgan fingerprint density at radius 1 is 0.855 bits per heavy atom. The fraction of sp³-hybridized carbons (Fsp3) is 0.395. The average molecular weight is 817 g/mol. The van der Waals surface area contributed by atoms with Crippen LogP contribution >= 0.6 is 27.4 Å². The summed E-state index contributed by atoms with van der Waals surface area (Å²) >= 11 is 5.66. The number of nitrogens with one attached hydrogen (secondary N) is 1. The summed E-state index contributed by atoms with van der Waals surface area (Å²) in [7, 11) is -6.78. The fourth-order valence-electron chi connectivity index (χ4n) is 6.28. The normalized spacial score (nSPS) is 14.5. The number of ether oxygens (including phenoxy) is 2. The zero-order valence-electron chi connectivity index (χ0n) is 31.6. The van der Waals surface area contributed by atoms with Crippen LogP contribution in [0.25, 0.3) is 22.1 Å². The van der Waals surface area contributed by atoms with Crippen LogP contribution in [-0.4, -0.2) is 88.0 Å². The lowest BCUT2D eigenvalue weighted by Gasteiger charge is -2.37. The molecule has 55 heavy (non-hydrogen) atoms. The molecule has 0 aliphatic carbocycles. The summed E-state index contributed by atoms with van der Waals surface area (Å²) in [5.74, 6) is -0.212. The van der Waals surface area contributed by atoms with Crippen LogP contribution in [0.4, 0.5) is 11.6 Å². The van der Waals surface area contributed by atoms with E-state index in [9.17, 15) is 18.7 Å². The Balaban J connectivity index is 1.35. The van der Waals surface area contributed by atoms with E-state index in [-0.39, 0.29) is 53.7 Å². The number of nitrogens with zero attached hydrogens (tertiary/aromatic N) is 2. The van der Waals surface area contributed by atoms with Gasteiger partial charge in [0.2, 0.25) is 12.3 Å². The van der Waals surface area contributed by atoms with Gasteiger partial charge in [-0.25, -0.2) is 9.28 Å². The minimum atomic E-state index is -4.13.